The largest absolute Gasteiger partial charge is 0.466 e. The number of para-hydroxylation sites is 2. The second kappa shape index (κ2) is 6.41. The Bertz CT molecular complexity index is 903. The molecule has 0 atom stereocenters. The number of amides is 2. The first kappa shape index (κ1) is 15.5. The molecule has 2 heterocycles. The number of carbonyl (C=O) groups is 2. The predicted octanol–water partition coefficient (Wildman–Crippen LogP) is 2.51. The third-order valence-electron chi connectivity index (χ3n) is 3.27. The van der Waals surface area contributed by atoms with Crippen LogP contribution >= 0.6 is 0 Å². The fraction of sp³-hybridized carbons (Fsp3) is 0.118. The highest BCUT2D eigenvalue weighted by Crippen LogP contribution is 2.15. The van der Waals surface area contributed by atoms with E-state index in [2.05, 4.69) is 15.8 Å². The van der Waals surface area contributed by atoms with Gasteiger partial charge in [0, 0.05) is 12.2 Å². The average molecular weight is 325 g/mol. The standard InChI is InChI=1S/C17H15N3O4/c1-10-9-12(11(2)23-10)17(22)20-19-15(21)7-8-16-18-13-5-3-4-6-14(13)24-16/h3-9H,1-2H3,(H,19,21)(H,20,22). The van der Waals surface area contributed by atoms with Crippen LogP contribution in [0.2, 0.25) is 0 Å². The molecule has 0 aliphatic heterocycles. The van der Waals surface area contributed by atoms with E-state index in [1.165, 1.54) is 12.2 Å². The first-order chi connectivity index (χ1) is 11.5. The maximum Gasteiger partial charge on any atom is 0.273 e. The lowest BCUT2D eigenvalue weighted by atomic mass is 10.2. The number of rotatable bonds is 3. The van der Waals surface area contributed by atoms with Crippen molar-refractivity contribution in [3.8, 4) is 0 Å². The lowest BCUT2D eigenvalue weighted by molar-refractivity contribution is -0.117. The molecule has 3 aromatic rings. The van der Waals surface area contributed by atoms with Gasteiger partial charge in [-0.15, -0.1) is 0 Å². The number of carbonyl (C=O) groups excluding carboxylic acids is 2. The summed E-state index contributed by atoms with van der Waals surface area (Å²) < 4.78 is 10.7. The molecule has 24 heavy (non-hydrogen) atoms. The van der Waals surface area contributed by atoms with Gasteiger partial charge in [-0.3, -0.25) is 20.4 Å². The van der Waals surface area contributed by atoms with E-state index in [1.54, 1.807) is 26.0 Å². The third kappa shape index (κ3) is 3.35. The number of nitrogens with one attached hydrogen (secondary N) is 2. The van der Waals surface area contributed by atoms with Gasteiger partial charge in [-0.25, -0.2) is 4.98 Å². The number of hydrazine groups is 1. The van der Waals surface area contributed by atoms with Crippen molar-refractivity contribution in [1.29, 1.82) is 0 Å². The molecule has 0 saturated carbocycles. The van der Waals surface area contributed by atoms with Crippen LogP contribution in [-0.2, 0) is 4.79 Å². The van der Waals surface area contributed by atoms with Gasteiger partial charge in [0.2, 0.25) is 5.89 Å². The van der Waals surface area contributed by atoms with E-state index in [0.717, 1.165) is 0 Å². The van der Waals surface area contributed by atoms with Crippen molar-refractivity contribution in [2.45, 2.75) is 13.8 Å². The summed E-state index contributed by atoms with van der Waals surface area (Å²) in [5.41, 5.74) is 6.31. The van der Waals surface area contributed by atoms with Gasteiger partial charge >= 0.3 is 0 Å². The molecule has 2 N–H and O–H groups in total. The van der Waals surface area contributed by atoms with Crippen molar-refractivity contribution in [1.82, 2.24) is 15.8 Å². The normalized spacial score (nSPS) is 11.1. The van der Waals surface area contributed by atoms with Gasteiger partial charge in [0.05, 0.1) is 5.56 Å². The highest BCUT2D eigenvalue weighted by Gasteiger charge is 2.13. The summed E-state index contributed by atoms with van der Waals surface area (Å²) in [6, 6.07) is 8.88. The smallest absolute Gasteiger partial charge is 0.273 e. The molecule has 0 spiro atoms. The van der Waals surface area contributed by atoms with Crippen LogP contribution in [0, 0.1) is 13.8 Å². The topological polar surface area (TPSA) is 97.4 Å². The molecule has 0 aliphatic rings. The van der Waals surface area contributed by atoms with E-state index in [4.69, 9.17) is 8.83 Å². The Balaban J connectivity index is 1.59. The number of hydrogen-bond acceptors (Lipinski definition) is 5. The number of hydrogen-bond donors (Lipinski definition) is 2. The number of fused-ring (bicyclic) bond motifs is 1. The summed E-state index contributed by atoms with van der Waals surface area (Å²) in [5, 5.41) is 0. The van der Waals surface area contributed by atoms with Gasteiger partial charge in [-0.05, 0) is 32.0 Å². The first-order valence-corrected chi connectivity index (χ1v) is 7.24. The molecule has 0 aliphatic carbocycles. The molecule has 0 bridgehead atoms. The van der Waals surface area contributed by atoms with E-state index < -0.39 is 11.8 Å². The molecule has 0 saturated heterocycles. The molecule has 0 fully saturated rings. The highest BCUT2D eigenvalue weighted by atomic mass is 16.3. The SMILES string of the molecule is Cc1cc(C(=O)NNC(=O)C=Cc2nc3ccccc3o2)c(C)o1. The van der Waals surface area contributed by atoms with Crippen molar-refractivity contribution in [2.24, 2.45) is 0 Å². The quantitative estimate of drug-likeness (QED) is 0.569. The Kier molecular flexibility index (Phi) is 4.15. The van der Waals surface area contributed by atoms with E-state index in [1.807, 2.05) is 18.2 Å². The minimum Gasteiger partial charge on any atom is -0.466 e. The Morgan fingerprint density at radius 2 is 1.92 bits per heavy atom. The second-order valence-electron chi connectivity index (χ2n) is 5.12. The van der Waals surface area contributed by atoms with Crippen LogP contribution < -0.4 is 10.9 Å². The maximum atomic E-state index is 11.9. The summed E-state index contributed by atoms with van der Waals surface area (Å²) in [7, 11) is 0. The van der Waals surface area contributed by atoms with Crippen molar-refractivity contribution >= 4 is 29.0 Å². The Hall–Kier alpha value is -3.35. The zero-order valence-corrected chi connectivity index (χ0v) is 13.1. The Morgan fingerprint density at radius 3 is 2.62 bits per heavy atom. The van der Waals surface area contributed by atoms with Crippen molar-refractivity contribution in [2.75, 3.05) is 0 Å². The van der Waals surface area contributed by atoms with Gasteiger partial charge in [0.15, 0.2) is 5.58 Å². The summed E-state index contributed by atoms with van der Waals surface area (Å²) in [4.78, 5) is 27.9. The van der Waals surface area contributed by atoms with Crippen LogP contribution in [0.5, 0.6) is 0 Å². The molecule has 0 radical (unpaired) electrons. The maximum absolute atomic E-state index is 11.9. The number of aromatic nitrogens is 1. The molecular weight excluding hydrogens is 310 g/mol. The Labute approximate surface area is 137 Å². The Morgan fingerprint density at radius 1 is 1.12 bits per heavy atom. The summed E-state index contributed by atoms with van der Waals surface area (Å²) in [6.07, 6.45) is 2.65. The zero-order valence-electron chi connectivity index (χ0n) is 13.1. The summed E-state index contributed by atoms with van der Waals surface area (Å²) >= 11 is 0. The van der Waals surface area contributed by atoms with Crippen LogP contribution in [0.3, 0.4) is 0 Å². The molecule has 0 unspecified atom stereocenters. The zero-order chi connectivity index (χ0) is 17.1. The van der Waals surface area contributed by atoms with Crippen molar-refractivity contribution in [3.63, 3.8) is 0 Å². The number of oxazole rings is 1. The molecule has 2 aromatic heterocycles. The molecule has 3 rings (SSSR count). The lowest BCUT2D eigenvalue weighted by Gasteiger charge is -2.03. The molecule has 2 amide bonds. The number of furan rings is 1. The monoisotopic (exact) mass is 325 g/mol. The fourth-order valence-corrected chi connectivity index (χ4v) is 2.19. The van der Waals surface area contributed by atoms with Crippen LogP contribution in [0.25, 0.3) is 17.2 Å². The van der Waals surface area contributed by atoms with E-state index in [-0.39, 0.29) is 0 Å². The highest BCUT2D eigenvalue weighted by molar-refractivity contribution is 5.98. The first-order valence-electron chi connectivity index (χ1n) is 7.24. The van der Waals surface area contributed by atoms with Crippen molar-refractivity contribution in [3.05, 3.63) is 59.4 Å². The third-order valence-corrected chi connectivity index (χ3v) is 3.27. The van der Waals surface area contributed by atoms with Gasteiger partial charge in [-0.1, -0.05) is 12.1 Å². The second-order valence-corrected chi connectivity index (χ2v) is 5.12. The van der Waals surface area contributed by atoms with E-state index in [0.29, 0.717) is 34.1 Å². The summed E-state index contributed by atoms with van der Waals surface area (Å²) in [6.45, 7) is 3.42. The van der Waals surface area contributed by atoms with Gasteiger partial charge in [-0.2, -0.15) is 0 Å². The minimum absolute atomic E-state index is 0.305. The molecule has 7 nitrogen and oxygen atoms in total. The molecule has 7 heteroatoms. The van der Waals surface area contributed by atoms with E-state index in [9.17, 15) is 9.59 Å². The van der Waals surface area contributed by atoms with Gasteiger partial charge < -0.3 is 8.83 Å². The van der Waals surface area contributed by atoms with Crippen LogP contribution in [0.1, 0.15) is 27.8 Å². The predicted molar refractivity (Wildman–Crippen MR) is 86.8 cm³/mol. The minimum atomic E-state index is -0.511. The van der Waals surface area contributed by atoms with Gasteiger partial charge in [0.1, 0.15) is 17.0 Å². The van der Waals surface area contributed by atoms with Crippen LogP contribution in [0.4, 0.5) is 0 Å². The molecule has 122 valence electrons. The fourth-order valence-electron chi connectivity index (χ4n) is 2.19. The molecular formula is C17H15N3O4. The summed E-state index contributed by atoms with van der Waals surface area (Å²) in [5.74, 6) is 0.455. The van der Waals surface area contributed by atoms with Gasteiger partial charge in [0.25, 0.3) is 11.8 Å². The van der Waals surface area contributed by atoms with Crippen LogP contribution in [-0.4, -0.2) is 16.8 Å². The van der Waals surface area contributed by atoms with Crippen molar-refractivity contribution < 1.29 is 18.4 Å². The number of nitrogens with zero attached hydrogens (tertiary/aromatic N) is 1. The lowest BCUT2D eigenvalue weighted by Crippen LogP contribution is -2.40. The van der Waals surface area contributed by atoms with E-state index >= 15 is 0 Å². The number of benzene rings is 1. The molecule has 1 aromatic carbocycles. The number of aryl methyl sites for hydroxylation is 2. The average Bonchev–Trinajstić information content (AvgIpc) is 3.12. The van der Waals surface area contributed by atoms with Crippen LogP contribution in [0.15, 0.2) is 45.2 Å².